The first-order chi connectivity index (χ1) is 10.5. The molecule has 0 atom stereocenters. The van der Waals surface area contributed by atoms with Crippen molar-refractivity contribution in [1.29, 1.82) is 0 Å². The van der Waals surface area contributed by atoms with Gasteiger partial charge in [0, 0.05) is 0 Å². The Bertz CT molecular complexity index is 288. The molecule has 0 heterocycles. The van der Waals surface area contributed by atoms with Crippen molar-refractivity contribution < 1.29 is 22.7 Å². The Balaban J connectivity index is 3.15. The van der Waals surface area contributed by atoms with Crippen LogP contribution in [0.4, 0.5) is 13.2 Å². The SMILES string of the molecule is C=CCCCCCCCCCCCCCOC(=O)C(F)(F)F. The molecule has 0 aliphatic heterocycles. The van der Waals surface area contributed by atoms with E-state index in [1.807, 2.05) is 6.08 Å². The smallest absolute Gasteiger partial charge is 0.459 e. The van der Waals surface area contributed by atoms with Crippen molar-refractivity contribution in [3.05, 3.63) is 12.7 Å². The summed E-state index contributed by atoms with van der Waals surface area (Å²) in [5.41, 5.74) is 0. The number of esters is 1. The molecule has 0 saturated heterocycles. The summed E-state index contributed by atoms with van der Waals surface area (Å²) >= 11 is 0. The fourth-order valence-corrected chi connectivity index (χ4v) is 2.23. The second kappa shape index (κ2) is 13.6. The maximum Gasteiger partial charge on any atom is 0.490 e. The molecule has 0 fully saturated rings. The van der Waals surface area contributed by atoms with E-state index in [2.05, 4.69) is 11.3 Å². The molecule has 0 aliphatic carbocycles. The first-order valence-electron chi connectivity index (χ1n) is 8.33. The van der Waals surface area contributed by atoms with E-state index in [4.69, 9.17) is 0 Å². The highest BCUT2D eigenvalue weighted by atomic mass is 19.4. The first kappa shape index (κ1) is 21.0. The molecular formula is C17H29F3O2. The number of alkyl halides is 3. The van der Waals surface area contributed by atoms with Gasteiger partial charge in [-0.3, -0.25) is 0 Å². The molecule has 0 aliphatic rings. The average molecular weight is 322 g/mol. The summed E-state index contributed by atoms with van der Waals surface area (Å²) < 4.78 is 39.6. The molecule has 0 radical (unpaired) electrons. The van der Waals surface area contributed by atoms with Crippen LogP contribution in [0.1, 0.15) is 77.0 Å². The van der Waals surface area contributed by atoms with Crippen molar-refractivity contribution >= 4 is 5.97 Å². The minimum atomic E-state index is -4.87. The average Bonchev–Trinajstić information content (AvgIpc) is 2.46. The molecule has 0 saturated carbocycles. The predicted molar refractivity (Wildman–Crippen MR) is 82.6 cm³/mol. The van der Waals surface area contributed by atoms with E-state index < -0.39 is 12.1 Å². The monoisotopic (exact) mass is 322 g/mol. The van der Waals surface area contributed by atoms with Crippen LogP contribution in [0, 0.1) is 0 Å². The topological polar surface area (TPSA) is 26.3 Å². The van der Waals surface area contributed by atoms with Gasteiger partial charge in [0.25, 0.3) is 0 Å². The Labute approximate surface area is 132 Å². The zero-order chi connectivity index (χ0) is 16.7. The molecule has 2 nitrogen and oxygen atoms in total. The summed E-state index contributed by atoms with van der Waals surface area (Å²) in [7, 11) is 0. The zero-order valence-corrected chi connectivity index (χ0v) is 13.4. The number of allylic oxidation sites excluding steroid dienone is 1. The molecule has 0 aromatic carbocycles. The first-order valence-corrected chi connectivity index (χ1v) is 8.33. The Morgan fingerprint density at radius 2 is 1.23 bits per heavy atom. The van der Waals surface area contributed by atoms with Gasteiger partial charge in [0.05, 0.1) is 6.61 Å². The van der Waals surface area contributed by atoms with Crippen molar-refractivity contribution in [3.8, 4) is 0 Å². The van der Waals surface area contributed by atoms with Gasteiger partial charge in [-0.15, -0.1) is 6.58 Å². The van der Waals surface area contributed by atoms with Crippen LogP contribution in [-0.4, -0.2) is 18.8 Å². The van der Waals surface area contributed by atoms with E-state index in [1.54, 1.807) is 0 Å². The number of hydrogen-bond donors (Lipinski definition) is 0. The van der Waals surface area contributed by atoms with Gasteiger partial charge in [-0.2, -0.15) is 13.2 Å². The third-order valence-corrected chi connectivity index (χ3v) is 3.52. The van der Waals surface area contributed by atoms with E-state index in [9.17, 15) is 18.0 Å². The molecule has 0 unspecified atom stereocenters. The number of ether oxygens (including phenoxy) is 1. The van der Waals surface area contributed by atoms with E-state index in [0.29, 0.717) is 6.42 Å². The van der Waals surface area contributed by atoms with E-state index in [0.717, 1.165) is 25.7 Å². The van der Waals surface area contributed by atoms with Crippen LogP contribution >= 0.6 is 0 Å². The molecule has 22 heavy (non-hydrogen) atoms. The Kier molecular flexibility index (Phi) is 13.0. The van der Waals surface area contributed by atoms with Crippen LogP contribution in [0.15, 0.2) is 12.7 Å². The van der Waals surface area contributed by atoms with Crippen LogP contribution in [0.3, 0.4) is 0 Å². The highest BCUT2D eigenvalue weighted by molar-refractivity contribution is 5.75. The van der Waals surface area contributed by atoms with Crippen molar-refractivity contribution in [2.24, 2.45) is 0 Å². The van der Waals surface area contributed by atoms with Crippen molar-refractivity contribution in [3.63, 3.8) is 0 Å². The van der Waals surface area contributed by atoms with Gasteiger partial charge in [-0.1, -0.05) is 63.9 Å². The van der Waals surface area contributed by atoms with Gasteiger partial charge < -0.3 is 4.74 Å². The standard InChI is InChI=1S/C17H29F3O2/c1-2-3-4-5-6-7-8-9-10-11-12-13-14-15-22-16(21)17(18,19)20/h2H,1,3-15H2. The van der Waals surface area contributed by atoms with Gasteiger partial charge in [-0.05, 0) is 19.3 Å². The second-order valence-corrected chi connectivity index (χ2v) is 5.60. The van der Waals surface area contributed by atoms with Crippen LogP contribution in [-0.2, 0) is 9.53 Å². The lowest BCUT2D eigenvalue weighted by Crippen LogP contribution is -2.25. The molecule has 130 valence electrons. The largest absolute Gasteiger partial charge is 0.490 e. The van der Waals surface area contributed by atoms with Gasteiger partial charge in [0.2, 0.25) is 0 Å². The molecular weight excluding hydrogens is 293 g/mol. The maximum atomic E-state index is 11.8. The normalized spacial score (nSPS) is 11.4. The molecule has 5 heteroatoms. The number of halogens is 3. The third kappa shape index (κ3) is 14.0. The lowest BCUT2D eigenvalue weighted by Gasteiger charge is -2.07. The molecule has 0 N–H and O–H groups in total. The summed E-state index contributed by atoms with van der Waals surface area (Å²) in [5.74, 6) is -2.08. The molecule has 0 bridgehead atoms. The number of unbranched alkanes of at least 4 members (excludes halogenated alkanes) is 11. The summed E-state index contributed by atoms with van der Waals surface area (Å²) in [6.07, 6.45) is 10.4. The van der Waals surface area contributed by atoms with Crippen molar-refractivity contribution in [2.45, 2.75) is 83.2 Å². The van der Waals surface area contributed by atoms with Crippen LogP contribution in [0.2, 0.25) is 0 Å². The minimum Gasteiger partial charge on any atom is -0.459 e. The van der Waals surface area contributed by atoms with E-state index >= 15 is 0 Å². The van der Waals surface area contributed by atoms with Crippen molar-refractivity contribution in [2.75, 3.05) is 6.61 Å². The Morgan fingerprint density at radius 3 is 1.64 bits per heavy atom. The second-order valence-electron chi connectivity index (χ2n) is 5.60. The summed E-state index contributed by atoms with van der Waals surface area (Å²) in [5, 5.41) is 0. The van der Waals surface area contributed by atoms with Crippen molar-refractivity contribution in [1.82, 2.24) is 0 Å². The lowest BCUT2D eigenvalue weighted by molar-refractivity contribution is -0.199. The summed E-state index contributed by atoms with van der Waals surface area (Å²) in [4.78, 5) is 10.4. The molecule has 0 aromatic heterocycles. The fourth-order valence-electron chi connectivity index (χ4n) is 2.23. The van der Waals surface area contributed by atoms with Gasteiger partial charge in [-0.25, -0.2) is 4.79 Å². The van der Waals surface area contributed by atoms with Crippen LogP contribution in [0.5, 0.6) is 0 Å². The number of carbonyl (C=O) groups is 1. The molecule has 0 amide bonds. The Hall–Kier alpha value is -1.00. The highest BCUT2D eigenvalue weighted by Crippen LogP contribution is 2.17. The molecule has 0 spiro atoms. The van der Waals surface area contributed by atoms with Gasteiger partial charge >= 0.3 is 12.1 Å². The molecule has 0 rings (SSSR count). The van der Waals surface area contributed by atoms with Gasteiger partial charge in [0.15, 0.2) is 0 Å². The minimum absolute atomic E-state index is 0.136. The number of rotatable bonds is 14. The van der Waals surface area contributed by atoms with E-state index in [1.165, 1.54) is 44.9 Å². The van der Waals surface area contributed by atoms with Gasteiger partial charge in [0.1, 0.15) is 0 Å². The summed E-state index contributed by atoms with van der Waals surface area (Å²) in [6.45, 7) is 3.56. The summed E-state index contributed by atoms with van der Waals surface area (Å²) in [6, 6.07) is 0. The number of carbonyl (C=O) groups excluding carboxylic acids is 1. The van der Waals surface area contributed by atoms with Crippen LogP contribution in [0.25, 0.3) is 0 Å². The molecule has 0 aromatic rings. The predicted octanol–water partition coefficient (Wildman–Crippen LogP) is 5.96. The number of hydrogen-bond acceptors (Lipinski definition) is 2. The quantitative estimate of drug-likeness (QED) is 0.224. The Morgan fingerprint density at radius 1 is 0.818 bits per heavy atom. The van der Waals surface area contributed by atoms with Crippen LogP contribution < -0.4 is 0 Å². The lowest BCUT2D eigenvalue weighted by atomic mass is 10.1. The zero-order valence-electron chi connectivity index (χ0n) is 13.4. The maximum absolute atomic E-state index is 11.8. The van der Waals surface area contributed by atoms with E-state index in [-0.39, 0.29) is 6.61 Å². The highest BCUT2D eigenvalue weighted by Gasteiger charge is 2.40. The fraction of sp³-hybridized carbons (Fsp3) is 0.824. The third-order valence-electron chi connectivity index (χ3n) is 3.52.